The van der Waals surface area contributed by atoms with Crippen LogP contribution < -0.4 is 4.90 Å². The summed E-state index contributed by atoms with van der Waals surface area (Å²) in [5.74, 6) is -0.940. The van der Waals surface area contributed by atoms with Gasteiger partial charge in [-0.25, -0.2) is 4.39 Å². The molecule has 0 radical (unpaired) electrons. The number of carbonyl (C=O) groups is 1. The molecule has 0 aliphatic carbocycles. The van der Waals surface area contributed by atoms with E-state index < -0.39 is 11.9 Å². The average Bonchev–Trinajstić information content (AvgIpc) is 2.87. The van der Waals surface area contributed by atoms with E-state index in [9.17, 15) is 14.3 Å². The number of hydrogen-bond acceptors (Lipinski definition) is 5. The van der Waals surface area contributed by atoms with Gasteiger partial charge in [-0.2, -0.15) is 0 Å². The molecule has 0 aromatic heterocycles. The summed E-state index contributed by atoms with van der Waals surface area (Å²) in [4.78, 5) is 19.8. The maximum Gasteiger partial charge on any atom is 0.256 e. The molecule has 5 rings (SSSR count). The monoisotopic (exact) mass is 467 g/mol. The molecule has 2 aromatic carbocycles. The number of anilines is 1. The van der Waals surface area contributed by atoms with Crippen LogP contribution in [-0.2, 0) is 11.2 Å². The maximum atomic E-state index is 14.4. The summed E-state index contributed by atoms with van der Waals surface area (Å²) in [5.41, 5.74) is 3.97. The standard InChI is InChI=1S/C27H34FN3O3/c1-18(32)23-17-31-10-9-19-7-8-20(30-11-13-34-14-12-30)15-22(19)26(31)16-25(23)29(2)27(33)21-5-3-4-6-24(21)28/h3-8,15,18,23,25-26,32H,9-14,16-17H2,1-2H3/t18-,23-,25-,26-/m0/s1. The first-order valence-electron chi connectivity index (χ1n) is 12.3. The second-order valence-corrected chi connectivity index (χ2v) is 9.85. The molecular weight excluding hydrogens is 433 g/mol. The number of halogens is 1. The molecule has 34 heavy (non-hydrogen) atoms. The van der Waals surface area contributed by atoms with Gasteiger partial charge in [-0.05, 0) is 55.2 Å². The van der Waals surface area contributed by atoms with Gasteiger partial charge in [0.1, 0.15) is 5.82 Å². The van der Waals surface area contributed by atoms with Crippen molar-refractivity contribution < 1.29 is 19.0 Å². The molecule has 0 unspecified atom stereocenters. The molecular formula is C27H34FN3O3. The Morgan fingerprint density at radius 2 is 1.94 bits per heavy atom. The molecule has 182 valence electrons. The van der Waals surface area contributed by atoms with E-state index in [1.54, 1.807) is 31.0 Å². The normalized spacial score (nSPS) is 25.9. The quantitative estimate of drug-likeness (QED) is 0.749. The van der Waals surface area contributed by atoms with Crippen LogP contribution in [0.15, 0.2) is 42.5 Å². The van der Waals surface area contributed by atoms with Crippen LogP contribution in [0, 0.1) is 11.7 Å². The van der Waals surface area contributed by atoms with Crippen LogP contribution in [0.2, 0.25) is 0 Å². The van der Waals surface area contributed by atoms with Gasteiger partial charge >= 0.3 is 0 Å². The van der Waals surface area contributed by atoms with Gasteiger partial charge in [0.05, 0.1) is 24.9 Å². The second kappa shape index (κ2) is 9.64. The number of ether oxygens (including phenoxy) is 1. The van der Waals surface area contributed by atoms with Crippen molar-refractivity contribution in [1.29, 1.82) is 0 Å². The molecule has 3 heterocycles. The molecule has 2 fully saturated rings. The van der Waals surface area contributed by atoms with Gasteiger partial charge < -0.3 is 19.6 Å². The minimum Gasteiger partial charge on any atom is -0.393 e. The molecule has 6 nitrogen and oxygen atoms in total. The number of morpholine rings is 1. The number of nitrogens with zero attached hydrogens (tertiary/aromatic N) is 3. The molecule has 0 saturated carbocycles. The van der Waals surface area contributed by atoms with Crippen molar-refractivity contribution in [3.8, 4) is 0 Å². The number of aliphatic hydroxyl groups excluding tert-OH is 1. The van der Waals surface area contributed by atoms with Gasteiger partial charge in [0.25, 0.3) is 5.91 Å². The Kier molecular flexibility index (Phi) is 6.60. The number of carbonyl (C=O) groups excluding carboxylic acids is 1. The van der Waals surface area contributed by atoms with Crippen LogP contribution in [0.5, 0.6) is 0 Å². The van der Waals surface area contributed by atoms with E-state index in [-0.39, 0.29) is 29.5 Å². The van der Waals surface area contributed by atoms with Gasteiger partial charge in [0.15, 0.2) is 0 Å². The third-order valence-corrected chi connectivity index (χ3v) is 7.92. The summed E-state index contributed by atoms with van der Waals surface area (Å²) in [7, 11) is 1.75. The topological polar surface area (TPSA) is 56.2 Å². The lowest BCUT2D eigenvalue weighted by Gasteiger charge is -2.50. The maximum absolute atomic E-state index is 14.4. The van der Waals surface area contributed by atoms with Crippen LogP contribution in [0.3, 0.4) is 0 Å². The second-order valence-electron chi connectivity index (χ2n) is 9.85. The van der Waals surface area contributed by atoms with E-state index in [0.29, 0.717) is 13.0 Å². The molecule has 3 aliphatic rings. The number of fused-ring (bicyclic) bond motifs is 3. The lowest BCUT2D eigenvalue weighted by atomic mass is 9.78. The number of amides is 1. The highest BCUT2D eigenvalue weighted by Gasteiger charge is 2.43. The van der Waals surface area contributed by atoms with E-state index in [4.69, 9.17) is 4.74 Å². The van der Waals surface area contributed by atoms with Crippen molar-refractivity contribution in [2.45, 2.75) is 38.0 Å². The molecule has 3 aliphatic heterocycles. The van der Waals surface area contributed by atoms with Crippen molar-refractivity contribution in [3.63, 3.8) is 0 Å². The van der Waals surface area contributed by atoms with Gasteiger partial charge in [-0.15, -0.1) is 0 Å². The van der Waals surface area contributed by atoms with Gasteiger partial charge in [-0.1, -0.05) is 18.2 Å². The number of benzene rings is 2. The molecule has 2 saturated heterocycles. The van der Waals surface area contributed by atoms with Crippen molar-refractivity contribution in [2.24, 2.45) is 5.92 Å². The highest BCUT2D eigenvalue weighted by molar-refractivity contribution is 5.94. The molecule has 1 amide bonds. The van der Waals surface area contributed by atoms with E-state index in [0.717, 1.165) is 39.3 Å². The third-order valence-electron chi connectivity index (χ3n) is 7.92. The highest BCUT2D eigenvalue weighted by atomic mass is 19.1. The Bertz CT molecular complexity index is 1040. The zero-order chi connectivity index (χ0) is 23.8. The Labute approximate surface area is 200 Å². The SMILES string of the molecule is C[C@H](O)[C@@H]1CN2CCc3ccc(N4CCOCC4)cc3[C@@H]2C[C@@H]1N(C)C(=O)c1ccccc1F. The lowest BCUT2D eigenvalue weighted by molar-refractivity contribution is -0.0232. The Morgan fingerprint density at radius 3 is 2.68 bits per heavy atom. The molecule has 7 heteroatoms. The van der Waals surface area contributed by atoms with Crippen molar-refractivity contribution in [3.05, 3.63) is 65.0 Å². The fourth-order valence-corrected chi connectivity index (χ4v) is 5.94. The summed E-state index contributed by atoms with van der Waals surface area (Å²) in [5, 5.41) is 10.6. The summed E-state index contributed by atoms with van der Waals surface area (Å²) in [6.45, 7) is 6.72. The largest absolute Gasteiger partial charge is 0.393 e. The smallest absolute Gasteiger partial charge is 0.256 e. The molecule has 0 bridgehead atoms. The first-order valence-corrected chi connectivity index (χ1v) is 12.3. The zero-order valence-corrected chi connectivity index (χ0v) is 20.0. The summed E-state index contributed by atoms with van der Waals surface area (Å²) >= 11 is 0. The van der Waals surface area contributed by atoms with Crippen LogP contribution in [0.1, 0.15) is 40.9 Å². The predicted molar refractivity (Wildman–Crippen MR) is 130 cm³/mol. The Morgan fingerprint density at radius 1 is 1.18 bits per heavy atom. The number of hydrogen-bond donors (Lipinski definition) is 1. The minimum atomic E-state index is -0.567. The fourth-order valence-electron chi connectivity index (χ4n) is 5.94. The van der Waals surface area contributed by atoms with E-state index in [1.165, 1.54) is 28.9 Å². The third kappa shape index (κ3) is 4.32. The average molecular weight is 468 g/mol. The van der Waals surface area contributed by atoms with E-state index >= 15 is 0 Å². The van der Waals surface area contributed by atoms with Crippen molar-refractivity contribution in [2.75, 3.05) is 51.3 Å². The Balaban J connectivity index is 1.45. The highest BCUT2D eigenvalue weighted by Crippen LogP contribution is 2.42. The lowest BCUT2D eigenvalue weighted by Crippen LogP contribution is -2.56. The molecule has 0 spiro atoms. The summed E-state index contributed by atoms with van der Waals surface area (Å²) in [6, 6.07) is 12.9. The van der Waals surface area contributed by atoms with Gasteiger partial charge in [0, 0.05) is 56.9 Å². The van der Waals surface area contributed by atoms with E-state index in [2.05, 4.69) is 28.0 Å². The van der Waals surface area contributed by atoms with Gasteiger partial charge in [0.2, 0.25) is 0 Å². The van der Waals surface area contributed by atoms with Crippen molar-refractivity contribution in [1.82, 2.24) is 9.80 Å². The predicted octanol–water partition coefficient (Wildman–Crippen LogP) is 3.10. The summed E-state index contributed by atoms with van der Waals surface area (Å²) < 4.78 is 19.9. The van der Waals surface area contributed by atoms with E-state index in [1.807, 2.05) is 0 Å². The van der Waals surface area contributed by atoms with Crippen LogP contribution in [-0.4, -0.2) is 79.4 Å². The summed E-state index contributed by atoms with van der Waals surface area (Å²) in [6.07, 6.45) is 1.13. The Hall–Kier alpha value is -2.48. The zero-order valence-electron chi connectivity index (χ0n) is 20.0. The molecule has 4 atom stereocenters. The number of piperidine rings is 1. The first-order chi connectivity index (χ1) is 16.4. The number of aliphatic hydroxyl groups is 1. The molecule has 1 N–H and O–H groups in total. The fraction of sp³-hybridized carbons (Fsp3) is 0.519. The van der Waals surface area contributed by atoms with Crippen LogP contribution in [0.25, 0.3) is 0 Å². The van der Waals surface area contributed by atoms with Gasteiger partial charge in [-0.3, -0.25) is 9.69 Å². The van der Waals surface area contributed by atoms with Crippen LogP contribution >= 0.6 is 0 Å². The van der Waals surface area contributed by atoms with Crippen LogP contribution in [0.4, 0.5) is 10.1 Å². The number of rotatable bonds is 4. The minimum absolute atomic E-state index is 0.0791. The molecule has 2 aromatic rings. The van der Waals surface area contributed by atoms with Crippen molar-refractivity contribution >= 4 is 11.6 Å². The first kappa shape index (κ1) is 23.3.